The first kappa shape index (κ1) is 16.6. The van der Waals surface area contributed by atoms with Gasteiger partial charge in [0.2, 0.25) is 11.8 Å². The van der Waals surface area contributed by atoms with E-state index in [1.807, 2.05) is 6.92 Å². The van der Waals surface area contributed by atoms with Crippen LogP contribution in [0.5, 0.6) is 0 Å². The first-order chi connectivity index (χ1) is 8.44. The van der Waals surface area contributed by atoms with Gasteiger partial charge in [0.1, 0.15) is 0 Å². The van der Waals surface area contributed by atoms with Crippen LogP contribution < -0.4 is 0 Å². The molecule has 0 saturated carbocycles. The third kappa shape index (κ3) is 4.00. The number of halogens is 7. The highest BCUT2D eigenvalue weighted by molar-refractivity contribution is 9.09. The molecule has 1 rings (SSSR count). The molecule has 0 aromatic heterocycles. The van der Waals surface area contributed by atoms with Gasteiger partial charge in [-0.2, -0.15) is 26.3 Å². The van der Waals surface area contributed by atoms with Gasteiger partial charge in [-0.25, -0.2) is 0 Å². The topological polar surface area (TPSA) is 20.3 Å². The number of nitrogens with zero attached hydrogens (tertiary/aromatic N) is 1. The van der Waals surface area contributed by atoms with Gasteiger partial charge in [-0.05, 0) is 12.3 Å². The largest absolute Gasteiger partial charge is 0.409 e. The second-order valence-electron chi connectivity index (χ2n) is 4.58. The van der Waals surface area contributed by atoms with Crippen molar-refractivity contribution in [2.75, 3.05) is 13.1 Å². The molecule has 1 heterocycles. The second-order valence-corrected chi connectivity index (χ2v) is 5.76. The molecule has 0 aliphatic carbocycles. The molecule has 1 fully saturated rings. The number of hydrogen-bond donors (Lipinski definition) is 0. The van der Waals surface area contributed by atoms with Crippen molar-refractivity contribution in [3.8, 4) is 0 Å². The Morgan fingerprint density at radius 1 is 1.21 bits per heavy atom. The monoisotopic (exact) mass is 355 g/mol. The number of rotatable bonds is 1. The zero-order valence-electron chi connectivity index (χ0n) is 9.85. The number of amides is 1. The van der Waals surface area contributed by atoms with E-state index in [4.69, 9.17) is 0 Å². The van der Waals surface area contributed by atoms with E-state index in [9.17, 15) is 31.1 Å². The van der Waals surface area contributed by atoms with Gasteiger partial charge in [0.05, 0.1) is 0 Å². The maximum absolute atomic E-state index is 12.4. The minimum atomic E-state index is -5.62. The van der Waals surface area contributed by atoms with Crippen molar-refractivity contribution >= 4 is 21.8 Å². The summed E-state index contributed by atoms with van der Waals surface area (Å²) in [7, 11) is 0. The zero-order chi connectivity index (χ0) is 15.0. The average molecular weight is 356 g/mol. The van der Waals surface area contributed by atoms with Crippen LogP contribution in [0.25, 0.3) is 0 Å². The lowest BCUT2D eigenvalue weighted by Crippen LogP contribution is -2.53. The minimum absolute atomic E-state index is 0.0925. The van der Waals surface area contributed by atoms with Crippen molar-refractivity contribution in [3.05, 3.63) is 0 Å². The summed E-state index contributed by atoms with van der Waals surface area (Å²) in [6, 6.07) is 0. The van der Waals surface area contributed by atoms with Crippen molar-refractivity contribution in [1.82, 2.24) is 4.90 Å². The maximum Gasteiger partial charge on any atom is 0.409 e. The summed E-state index contributed by atoms with van der Waals surface area (Å²) in [5.74, 6) is -5.76. The number of piperidine rings is 1. The molecule has 0 spiro atoms. The molecule has 1 aliphatic rings. The van der Waals surface area contributed by atoms with Crippen molar-refractivity contribution in [2.24, 2.45) is 11.8 Å². The number of alkyl halides is 7. The highest BCUT2D eigenvalue weighted by Crippen LogP contribution is 2.41. The SMILES string of the molecule is CC1CCN(C(=O)C(C(F)(F)F)C(F)(F)F)CC1Br. The first-order valence-corrected chi connectivity index (χ1v) is 6.42. The molecule has 0 aromatic carbocycles. The van der Waals surface area contributed by atoms with Gasteiger partial charge in [-0.1, -0.05) is 22.9 Å². The predicted molar refractivity (Wildman–Crippen MR) is 58.7 cm³/mol. The van der Waals surface area contributed by atoms with E-state index >= 15 is 0 Å². The molecule has 9 heteroatoms. The summed E-state index contributed by atoms with van der Waals surface area (Å²) < 4.78 is 74.5. The minimum Gasteiger partial charge on any atom is -0.341 e. The third-order valence-electron chi connectivity index (χ3n) is 3.08. The van der Waals surface area contributed by atoms with Crippen molar-refractivity contribution in [3.63, 3.8) is 0 Å². The Morgan fingerprint density at radius 2 is 1.68 bits per heavy atom. The van der Waals surface area contributed by atoms with E-state index in [1.54, 1.807) is 0 Å². The molecule has 1 aliphatic heterocycles. The molecule has 0 radical (unpaired) electrons. The van der Waals surface area contributed by atoms with Gasteiger partial charge in [0.25, 0.3) is 0 Å². The van der Waals surface area contributed by atoms with Crippen LogP contribution in [-0.4, -0.2) is 41.1 Å². The fraction of sp³-hybridized carbons (Fsp3) is 0.900. The zero-order valence-corrected chi connectivity index (χ0v) is 11.4. The van der Waals surface area contributed by atoms with Crippen LogP contribution >= 0.6 is 15.9 Å². The normalized spacial score (nSPS) is 25.8. The lowest BCUT2D eigenvalue weighted by atomic mass is 9.97. The third-order valence-corrected chi connectivity index (χ3v) is 4.27. The standard InChI is InChI=1S/C10H12BrF6NO/c1-5-2-3-18(4-6(5)11)8(19)7(9(12,13)14)10(15,16)17/h5-7H,2-4H2,1H3. The predicted octanol–water partition coefficient (Wildman–Crippen LogP) is 3.36. The molecule has 2 nitrogen and oxygen atoms in total. The Bertz CT molecular complexity index is 328. The highest BCUT2D eigenvalue weighted by atomic mass is 79.9. The summed E-state index contributed by atoms with van der Waals surface area (Å²) >= 11 is 3.16. The lowest BCUT2D eigenvalue weighted by molar-refractivity contribution is -0.277. The summed E-state index contributed by atoms with van der Waals surface area (Å²) in [5.41, 5.74) is 0. The molecular formula is C10H12BrF6NO. The average Bonchev–Trinajstić information content (AvgIpc) is 2.17. The molecule has 0 bridgehead atoms. The van der Waals surface area contributed by atoms with Crippen LogP contribution in [0.4, 0.5) is 26.3 Å². The van der Waals surface area contributed by atoms with Crippen LogP contribution in [0.3, 0.4) is 0 Å². The summed E-state index contributed by atoms with van der Waals surface area (Å²) in [4.78, 5) is 11.8. The number of likely N-dealkylation sites (tertiary alicyclic amines) is 1. The Kier molecular flexibility index (Phi) is 4.79. The van der Waals surface area contributed by atoms with Gasteiger partial charge in [0.15, 0.2) is 0 Å². The van der Waals surface area contributed by atoms with Crippen LogP contribution in [0.1, 0.15) is 13.3 Å². The van der Waals surface area contributed by atoms with E-state index < -0.39 is 24.2 Å². The lowest BCUT2D eigenvalue weighted by Gasteiger charge is -2.36. The van der Waals surface area contributed by atoms with Crippen LogP contribution in [-0.2, 0) is 4.79 Å². The fourth-order valence-corrected chi connectivity index (χ4v) is 2.48. The fourth-order valence-electron chi connectivity index (χ4n) is 1.87. The van der Waals surface area contributed by atoms with Gasteiger partial charge in [0, 0.05) is 17.9 Å². The van der Waals surface area contributed by atoms with Crippen LogP contribution in [0, 0.1) is 11.8 Å². The van der Waals surface area contributed by atoms with Crippen molar-refractivity contribution < 1.29 is 31.1 Å². The Balaban J connectivity index is 2.90. The molecule has 2 unspecified atom stereocenters. The van der Waals surface area contributed by atoms with E-state index in [2.05, 4.69) is 15.9 Å². The Morgan fingerprint density at radius 3 is 2.05 bits per heavy atom. The molecule has 2 atom stereocenters. The molecule has 0 aromatic rings. The van der Waals surface area contributed by atoms with E-state index in [0.29, 0.717) is 11.3 Å². The van der Waals surface area contributed by atoms with Crippen molar-refractivity contribution in [2.45, 2.75) is 30.5 Å². The van der Waals surface area contributed by atoms with Gasteiger partial charge < -0.3 is 4.90 Å². The number of carbonyl (C=O) groups is 1. The van der Waals surface area contributed by atoms with E-state index in [-0.39, 0.29) is 23.8 Å². The van der Waals surface area contributed by atoms with Gasteiger partial charge in [-0.3, -0.25) is 4.79 Å². The Hall–Kier alpha value is -0.470. The van der Waals surface area contributed by atoms with Gasteiger partial charge in [-0.15, -0.1) is 0 Å². The quantitative estimate of drug-likeness (QED) is 0.521. The molecule has 112 valence electrons. The second kappa shape index (κ2) is 5.49. The molecule has 19 heavy (non-hydrogen) atoms. The first-order valence-electron chi connectivity index (χ1n) is 5.51. The van der Waals surface area contributed by atoms with E-state index in [0.717, 1.165) is 0 Å². The molecule has 0 N–H and O–H groups in total. The van der Waals surface area contributed by atoms with Crippen molar-refractivity contribution in [1.29, 1.82) is 0 Å². The van der Waals surface area contributed by atoms with Gasteiger partial charge >= 0.3 is 12.4 Å². The summed E-state index contributed by atoms with van der Waals surface area (Å²) in [6.45, 7) is 1.57. The van der Waals surface area contributed by atoms with Crippen LogP contribution in [0.2, 0.25) is 0 Å². The van der Waals surface area contributed by atoms with E-state index in [1.165, 1.54) is 0 Å². The molecule has 1 saturated heterocycles. The summed E-state index contributed by atoms with van der Waals surface area (Å²) in [5, 5.41) is 0. The smallest absolute Gasteiger partial charge is 0.341 e. The highest BCUT2D eigenvalue weighted by Gasteiger charge is 2.62. The number of carbonyl (C=O) groups excluding carboxylic acids is 1. The number of hydrogen-bond acceptors (Lipinski definition) is 1. The molecule has 1 amide bonds. The maximum atomic E-state index is 12.4. The summed E-state index contributed by atoms with van der Waals surface area (Å²) in [6.07, 6.45) is -10.9. The Labute approximate surface area is 114 Å². The molecular weight excluding hydrogens is 344 g/mol. The van der Waals surface area contributed by atoms with Crippen LogP contribution in [0.15, 0.2) is 0 Å².